The van der Waals surface area contributed by atoms with Crippen LogP contribution >= 0.6 is 0 Å². The fraction of sp³-hybridized carbons (Fsp3) is 0.467. The van der Waals surface area contributed by atoms with E-state index >= 15 is 0 Å². The van der Waals surface area contributed by atoms with Crippen LogP contribution in [0.25, 0.3) is 0 Å². The zero-order chi connectivity index (χ0) is 11.7. The Morgan fingerprint density at radius 2 is 1.88 bits per heavy atom. The van der Waals surface area contributed by atoms with Gasteiger partial charge in [0.1, 0.15) is 0 Å². The predicted octanol–water partition coefficient (Wildman–Crippen LogP) is 3.04. The summed E-state index contributed by atoms with van der Waals surface area (Å²) in [5, 5.41) is 0. The molecule has 0 bridgehead atoms. The van der Waals surface area contributed by atoms with Crippen LogP contribution in [0.1, 0.15) is 37.2 Å². The maximum absolute atomic E-state index is 5.93. The van der Waals surface area contributed by atoms with Gasteiger partial charge in [0.2, 0.25) is 0 Å². The van der Waals surface area contributed by atoms with E-state index in [1.54, 1.807) is 11.1 Å². The highest BCUT2D eigenvalue weighted by Gasteiger charge is 2.25. The number of hydrogen-bond acceptors (Lipinski definition) is 1. The van der Waals surface area contributed by atoms with Crippen molar-refractivity contribution in [3.63, 3.8) is 0 Å². The fourth-order valence-electron chi connectivity index (χ4n) is 3.16. The van der Waals surface area contributed by atoms with E-state index in [9.17, 15) is 0 Å². The smallest absolute Gasteiger partial charge is 0.182 e. The molecule has 0 spiro atoms. The van der Waals surface area contributed by atoms with Gasteiger partial charge in [-0.05, 0) is 43.7 Å². The summed E-state index contributed by atoms with van der Waals surface area (Å²) < 4.78 is 0. The van der Waals surface area contributed by atoms with E-state index in [1.165, 1.54) is 31.2 Å². The van der Waals surface area contributed by atoms with Gasteiger partial charge in [-0.2, -0.15) is 0 Å². The highest BCUT2D eigenvalue weighted by Crippen LogP contribution is 2.38. The quantitative estimate of drug-likeness (QED) is 0.522. The maximum atomic E-state index is 5.93. The number of hydrogen-bond donors (Lipinski definition) is 0. The molecule has 0 aromatic heterocycles. The normalized spacial score (nSPS) is 25.8. The molecule has 0 fully saturated rings. The maximum Gasteiger partial charge on any atom is 0.182 e. The van der Waals surface area contributed by atoms with Crippen LogP contribution in [0.2, 0.25) is 0 Å². The Kier molecular flexibility index (Phi) is 3.06. The summed E-state index contributed by atoms with van der Waals surface area (Å²) in [4.78, 5) is 1.96. The van der Waals surface area contributed by atoms with E-state index in [2.05, 4.69) is 30.3 Å². The lowest BCUT2D eigenvalue weighted by molar-refractivity contribution is 0.417. The zero-order valence-electron chi connectivity index (χ0n) is 10.2. The Balaban J connectivity index is 1.79. The van der Waals surface area contributed by atoms with Crippen molar-refractivity contribution in [1.82, 2.24) is 4.81 Å². The molecule has 17 heavy (non-hydrogen) atoms. The van der Waals surface area contributed by atoms with E-state index in [0.29, 0.717) is 5.92 Å². The van der Waals surface area contributed by atoms with E-state index in [4.69, 9.17) is 7.98 Å². The first-order valence-electron chi connectivity index (χ1n) is 6.57. The third-order valence-corrected chi connectivity index (χ3v) is 4.15. The molecule has 1 aromatic rings. The minimum atomic E-state index is 0.710. The molecule has 86 valence electrons. The molecule has 3 rings (SSSR count). The van der Waals surface area contributed by atoms with Gasteiger partial charge in [-0.25, -0.2) is 0 Å². The molecule has 1 nitrogen and oxygen atoms in total. The highest BCUT2D eigenvalue weighted by atomic mass is 15.0. The van der Waals surface area contributed by atoms with Gasteiger partial charge in [-0.3, -0.25) is 0 Å². The van der Waals surface area contributed by atoms with Crippen molar-refractivity contribution in [3.05, 3.63) is 47.0 Å². The van der Waals surface area contributed by atoms with Crippen molar-refractivity contribution in [2.45, 2.75) is 31.6 Å². The van der Waals surface area contributed by atoms with Gasteiger partial charge in [0.05, 0.1) is 0 Å². The molecule has 0 saturated heterocycles. The second-order valence-corrected chi connectivity index (χ2v) is 5.28. The summed E-state index contributed by atoms with van der Waals surface area (Å²) in [5.41, 5.74) is 4.80. The molecule has 2 heteroatoms. The van der Waals surface area contributed by atoms with Gasteiger partial charge < -0.3 is 4.81 Å². The molecular formula is C15H18BN. The first-order valence-corrected chi connectivity index (χ1v) is 6.57. The molecule has 0 N–H and O–H groups in total. The molecular weight excluding hydrogens is 205 g/mol. The Morgan fingerprint density at radius 1 is 1.06 bits per heavy atom. The summed E-state index contributed by atoms with van der Waals surface area (Å²) in [6, 6.07) is 10.9. The Bertz CT molecular complexity index is 424. The van der Waals surface area contributed by atoms with Gasteiger partial charge in [0, 0.05) is 6.54 Å². The largest absolute Gasteiger partial charge is 0.350 e. The molecule has 1 unspecified atom stereocenters. The Morgan fingerprint density at radius 3 is 2.71 bits per heavy atom. The Labute approximate surface area is 105 Å². The molecule has 0 saturated carbocycles. The third kappa shape index (κ3) is 2.32. The van der Waals surface area contributed by atoms with Crippen LogP contribution in [0.3, 0.4) is 0 Å². The fourth-order valence-corrected chi connectivity index (χ4v) is 3.16. The SMILES string of the molecule is [B]N1CCC2=C(CC(c3ccccc3)CC2)C1. The summed E-state index contributed by atoms with van der Waals surface area (Å²) in [5.74, 6) is 0.710. The summed E-state index contributed by atoms with van der Waals surface area (Å²) in [6.45, 7) is 2.02. The molecule has 1 aromatic carbocycles. The zero-order valence-corrected chi connectivity index (χ0v) is 10.2. The van der Waals surface area contributed by atoms with E-state index in [-0.39, 0.29) is 0 Å². The van der Waals surface area contributed by atoms with E-state index < -0.39 is 0 Å². The Hall–Kier alpha value is -1.02. The first kappa shape index (κ1) is 11.1. The van der Waals surface area contributed by atoms with Crippen LogP contribution in [-0.4, -0.2) is 25.9 Å². The standard InChI is InChI=1S/C15H18BN/c16-17-9-8-13-6-7-14(10-15(13)11-17)12-4-2-1-3-5-12/h1-5,14H,6-11H2. The first-order chi connectivity index (χ1) is 8.33. The number of rotatable bonds is 1. The monoisotopic (exact) mass is 223 g/mol. The van der Waals surface area contributed by atoms with Crippen LogP contribution in [0, 0.1) is 0 Å². The molecule has 0 amide bonds. The molecule has 1 heterocycles. The second kappa shape index (κ2) is 4.69. The van der Waals surface area contributed by atoms with Crippen molar-refractivity contribution in [2.24, 2.45) is 0 Å². The van der Waals surface area contributed by atoms with Gasteiger partial charge in [0.25, 0.3) is 0 Å². The molecule has 1 aliphatic carbocycles. The lowest BCUT2D eigenvalue weighted by atomic mass is 9.77. The van der Waals surface area contributed by atoms with Crippen molar-refractivity contribution >= 4 is 7.98 Å². The predicted molar refractivity (Wildman–Crippen MR) is 72.0 cm³/mol. The minimum absolute atomic E-state index is 0.710. The van der Waals surface area contributed by atoms with Gasteiger partial charge in [0.15, 0.2) is 7.98 Å². The summed E-state index contributed by atoms with van der Waals surface area (Å²) in [6.07, 6.45) is 5.00. The van der Waals surface area contributed by atoms with Crippen LogP contribution in [0.4, 0.5) is 0 Å². The van der Waals surface area contributed by atoms with Crippen LogP contribution in [0.15, 0.2) is 41.5 Å². The summed E-state index contributed by atoms with van der Waals surface area (Å²) in [7, 11) is 5.93. The molecule has 1 atom stereocenters. The molecule has 2 radical (unpaired) electrons. The van der Waals surface area contributed by atoms with Crippen molar-refractivity contribution in [1.29, 1.82) is 0 Å². The van der Waals surface area contributed by atoms with Crippen LogP contribution < -0.4 is 0 Å². The highest BCUT2D eigenvalue weighted by molar-refractivity contribution is 6.04. The van der Waals surface area contributed by atoms with Gasteiger partial charge in [-0.1, -0.05) is 41.5 Å². The van der Waals surface area contributed by atoms with Gasteiger partial charge in [-0.15, -0.1) is 0 Å². The van der Waals surface area contributed by atoms with E-state index in [1.807, 2.05) is 4.81 Å². The van der Waals surface area contributed by atoms with Crippen molar-refractivity contribution in [2.75, 3.05) is 13.1 Å². The van der Waals surface area contributed by atoms with Crippen molar-refractivity contribution in [3.8, 4) is 0 Å². The van der Waals surface area contributed by atoms with E-state index in [0.717, 1.165) is 13.1 Å². The minimum Gasteiger partial charge on any atom is -0.350 e. The average molecular weight is 223 g/mol. The third-order valence-electron chi connectivity index (χ3n) is 4.15. The lowest BCUT2D eigenvalue weighted by Gasteiger charge is -2.35. The number of benzene rings is 1. The lowest BCUT2D eigenvalue weighted by Crippen LogP contribution is -2.31. The molecule has 1 aliphatic heterocycles. The van der Waals surface area contributed by atoms with Crippen LogP contribution in [-0.2, 0) is 0 Å². The van der Waals surface area contributed by atoms with Gasteiger partial charge >= 0.3 is 0 Å². The van der Waals surface area contributed by atoms with Crippen molar-refractivity contribution < 1.29 is 0 Å². The average Bonchev–Trinajstić information content (AvgIpc) is 2.39. The molecule has 2 aliphatic rings. The second-order valence-electron chi connectivity index (χ2n) is 5.28. The topological polar surface area (TPSA) is 3.24 Å². The summed E-state index contributed by atoms with van der Waals surface area (Å²) >= 11 is 0. The van der Waals surface area contributed by atoms with Crippen LogP contribution in [0.5, 0.6) is 0 Å². The number of nitrogens with zero attached hydrogens (tertiary/aromatic N) is 1.